The number of anilines is 1. The van der Waals surface area contributed by atoms with E-state index in [1.165, 1.54) is 54.6 Å². The second-order valence-corrected chi connectivity index (χ2v) is 5.25. The highest BCUT2D eigenvalue weighted by atomic mass is 19.4. The van der Waals surface area contributed by atoms with Gasteiger partial charge in [0.1, 0.15) is 5.82 Å². The first kappa shape index (κ1) is 19.2. The van der Waals surface area contributed by atoms with E-state index in [1.54, 1.807) is 11.4 Å². The standard InChI is InChI=1S/C18H14F4N2O2/c19-14-7-4-12(5-8-14)6-9-16(25)24-15-3-1-2-13(10-15)11-23-17(26)18(20,21)22/h1-10H,11H2,(H,23,26)(H,24,25)/b9-6+. The molecule has 0 saturated heterocycles. The lowest BCUT2D eigenvalue weighted by molar-refractivity contribution is -0.173. The minimum absolute atomic E-state index is 0.326. The minimum atomic E-state index is -4.95. The van der Waals surface area contributed by atoms with Gasteiger partial charge in [0.05, 0.1) is 0 Å². The van der Waals surface area contributed by atoms with Gasteiger partial charge in [0.25, 0.3) is 0 Å². The quantitative estimate of drug-likeness (QED) is 0.627. The van der Waals surface area contributed by atoms with Gasteiger partial charge >= 0.3 is 12.1 Å². The molecule has 0 aliphatic carbocycles. The normalized spacial score (nSPS) is 11.4. The smallest absolute Gasteiger partial charge is 0.344 e. The summed E-state index contributed by atoms with van der Waals surface area (Å²) in [7, 11) is 0. The summed E-state index contributed by atoms with van der Waals surface area (Å²) in [5.41, 5.74) is 1.38. The summed E-state index contributed by atoms with van der Waals surface area (Å²) in [4.78, 5) is 22.7. The molecule has 26 heavy (non-hydrogen) atoms. The Hall–Kier alpha value is -3.16. The number of hydrogen-bond acceptors (Lipinski definition) is 2. The first-order valence-corrected chi connectivity index (χ1v) is 7.42. The molecule has 0 unspecified atom stereocenters. The zero-order valence-corrected chi connectivity index (χ0v) is 13.3. The van der Waals surface area contributed by atoms with Crippen LogP contribution in [0.25, 0.3) is 6.08 Å². The summed E-state index contributed by atoms with van der Waals surface area (Å²) in [5.74, 6) is -2.89. The predicted octanol–water partition coefficient (Wildman–Crippen LogP) is 3.66. The molecule has 2 rings (SSSR count). The molecular weight excluding hydrogens is 352 g/mol. The Morgan fingerprint density at radius 1 is 1.04 bits per heavy atom. The fourth-order valence-electron chi connectivity index (χ4n) is 1.97. The lowest BCUT2D eigenvalue weighted by Gasteiger charge is -2.09. The van der Waals surface area contributed by atoms with Crippen LogP contribution >= 0.6 is 0 Å². The van der Waals surface area contributed by atoms with E-state index in [2.05, 4.69) is 5.32 Å². The van der Waals surface area contributed by atoms with Crippen molar-refractivity contribution in [2.75, 3.05) is 5.32 Å². The number of benzene rings is 2. The van der Waals surface area contributed by atoms with Crippen LogP contribution in [0.5, 0.6) is 0 Å². The Morgan fingerprint density at radius 3 is 2.38 bits per heavy atom. The van der Waals surface area contributed by atoms with Crippen molar-refractivity contribution in [2.45, 2.75) is 12.7 Å². The summed E-state index contributed by atoms with van der Waals surface area (Å²) in [5, 5.41) is 4.30. The molecule has 0 radical (unpaired) electrons. The van der Waals surface area contributed by atoms with Gasteiger partial charge in [-0.2, -0.15) is 13.2 Å². The average molecular weight is 366 g/mol. The fraction of sp³-hybridized carbons (Fsp3) is 0.111. The van der Waals surface area contributed by atoms with Crippen molar-refractivity contribution < 1.29 is 27.2 Å². The third-order valence-electron chi connectivity index (χ3n) is 3.20. The van der Waals surface area contributed by atoms with Crippen LogP contribution in [0.1, 0.15) is 11.1 Å². The van der Waals surface area contributed by atoms with Crippen LogP contribution in [-0.4, -0.2) is 18.0 Å². The van der Waals surface area contributed by atoms with Crippen LogP contribution in [-0.2, 0) is 16.1 Å². The molecule has 0 aliphatic heterocycles. The molecule has 0 bridgehead atoms. The number of carbonyl (C=O) groups is 2. The molecule has 2 aromatic carbocycles. The van der Waals surface area contributed by atoms with Gasteiger partial charge < -0.3 is 10.6 Å². The Bertz CT molecular complexity index is 815. The number of amides is 2. The molecule has 0 saturated carbocycles. The number of carbonyl (C=O) groups excluding carboxylic acids is 2. The Morgan fingerprint density at radius 2 is 1.73 bits per heavy atom. The van der Waals surface area contributed by atoms with Crippen molar-refractivity contribution in [3.8, 4) is 0 Å². The fourth-order valence-corrected chi connectivity index (χ4v) is 1.97. The Balaban J connectivity index is 1.94. The molecule has 2 N–H and O–H groups in total. The molecule has 0 spiro atoms. The summed E-state index contributed by atoms with van der Waals surface area (Å²) >= 11 is 0. The van der Waals surface area contributed by atoms with E-state index in [0.29, 0.717) is 16.8 Å². The molecule has 4 nitrogen and oxygen atoms in total. The molecule has 0 fully saturated rings. The topological polar surface area (TPSA) is 58.2 Å². The number of alkyl halides is 3. The number of halogens is 4. The van der Waals surface area contributed by atoms with E-state index in [0.717, 1.165) is 0 Å². The van der Waals surface area contributed by atoms with E-state index >= 15 is 0 Å². The summed E-state index contributed by atoms with van der Waals surface area (Å²) in [6, 6.07) is 11.6. The van der Waals surface area contributed by atoms with E-state index in [1.807, 2.05) is 0 Å². The largest absolute Gasteiger partial charge is 0.471 e. The van der Waals surface area contributed by atoms with Gasteiger partial charge in [0, 0.05) is 18.3 Å². The maximum Gasteiger partial charge on any atom is 0.471 e. The average Bonchev–Trinajstić information content (AvgIpc) is 2.58. The van der Waals surface area contributed by atoms with Crippen LogP contribution < -0.4 is 10.6 Å². The first-order valence-electron chi connectivity index (χ1n) is 7.42. The minimum Gasteiger partial charge on any atom is -0.344 e. The molecule has 0 aromatic heterocycles. The first-order chi connectivity index (χ1) is 12.2. The van der Waals surface area contributed by atoms with E-state index in [4.69, 9.17) is 0 Å². The molecule has 8 heteroatoms. The molecule has 136 valence electrons. The second-order valence-electron chi connectivity index (χ2n) is 5.25. The second kappa shape index (κ2) is 8.28. The van der Waals surface area contributed by atoms with Gasteiger partial charge in [0.15, 0.2) is 0 Å². The van der Waals surface area contributed by atoms with Crippen molar-refractivity contribution >= 4 is 23.6 Å². The third-order valence-corrected chi connectivity index (χ3v) is 3.20. The molecule has 0 atom stereocenters. The van der Waals surface area contributed by atoms with Crippen molar-refractivity contribution in [1.29, 1.82) is 0 Å². The van der Waals surface area contributed by atoms with Crippen LogP contribution in [0, 0.1) is 5.82 Å². The molecular formula is C18H14F4N2O2. The summed E-state index contributed by atoms with van der Waals surface area (Å²) < 4.78 is 49.3. The Kier molecular flexibility index (Phi) is 6.11. The Labute approximate surface area is 146 Å². The van der Waals surface area contributed by atoms with Gasteiger partial charge in [-0.1, -0.05) is 24.3 Å². The van der Waals surface area contributed by atoms with Gasteiger partial charge in [-0.3, -0.25) is 9.59 Å². The van der Waals surface area contributed by atoms with Gasteiger partial charge in [0.2, 0.25) is 5.91 Å². The number of nitrogens with one attached hydrogen (secondary N) is 2. The van der Waals surface area contributed by atoms with Crippen molar-refractivity contribution in [3.05, 3.63) is 71.6 Å². The van der Waals surface area contributed by atoms with Crippen molar-refractivity contribution in [1.82, 2.24) is 5.32 Å². The number of hydrogen-bond donors (Lipinski definition) is 2. The van der Waals surface area contributed by atoms with Crippen molar-refractivity contribution in [3.63, 3.8) is 0 Å². The highest BCUT2D eigenvalue weighted by molar-refractivity contribution is 6.01. The molecule has 0 aliphatic rings. The zero-order chi connectivity index (χ0) is 19.2. The monoisotopic (exact) mass is 366 g/mol. The highest BCUT2D eigenvalue weighted by Crippen LogP contribution is 2.15. The number of rotatable bonds is 5. The highest BCUT2D eigenvalue weighted by Gasteiger charge is 2.38. The SMILES string of the molecule is O=C(/C=C/c1ccc(F)cc1)Nc1cccc(CNC(=O)C(F)(F)F)c1. The van der Waals surface area contributed by atoms with E-state index < -0.39 is 18.0 Å². The summed E-state index contributed by atoms with van der Waals surface area (Å²) in [6.45, 7) is -0.326. The van der Waals surface area contributed by atoms with E-state index in [9.17, 15) is 27.2 Å². The molecule has 0 heterocycles. The van der Waals surface area contributed by atoms with Gasteiger partial charge in [-0.15, -0.1) is 0 Å². The lowest BCUT2D eigenvalue weighted by Crippen LogP contribution is -2.36. The van der Waals surface area contributed by atoms with Crippen LogP contribution in [0.2, 0.25) is 0 Å². The van der Waals surface area contributed by atoms with E-state index in [-0.39, 0.29) is 12.4 Å². The molecule has 2 aromatic rings. The molecule has 2 amide bonds. The van der Waals surface area contributed by atoms with Gasteiger partial charge in [-0.25, -0.2) is 4.39 Å². The maximum absolute atomic E-state index is 12.8. The van der Waals surface area contributed by atoms with Crippen LogP contribution in [0.15, 0.2) is 54.6 Å². The maximum atomic E-state index is 12.8. The van der Waals surface area contributed by atoms with Gasteiger partial charge in [-0.05, 0) is 41.5 Å². The van der Waals surface area contributed by atoms with Crippen LogP contribution in [0.3, 0.4) is 0 Å². The van der Waals surface area contributed by atoms with Crippen molar-refractivity contribution in [2.24, 2.45) is 0 Å². The third kappa shape index (κ3) is 6.04. The predicted molar refractivity (Wildman–Crippen MR) is 88.4 cm³/mol. The lowest BCUT2D eigenvalue weighted by atomic mass is 10.2. The zero-order valence-electron chi connectivity index (χ0n) is 13.3. The van der Waals surface area contributed by atoms with Crippen LogP contribution in [0.4, 0.5) is 23.2 Å². The summed E-state index contributed by atoms with van der Waals surface area (Å²) in [6.07, 6.45) is -2.22.